The van der Waals surface area contributed by atoms with E-state index in [0.29, 0.717) is 12.0 Å². The number of hydrogen-bond acceptors (Lipinski definition) is 4. The number of fused-ring (bicyclic) bond motifs is 1. The molecule has 0 N–H and O–H groups in total. The minimum Gasteiger partial charge on any atom is -0.465 e. The molecule has 0 atom stereocenters. The standard InChI is InChI=1S/C29H22N2O2/c1-33-29(32)24-12-6-5-11-23(24)21-17-15-20(16-18-21)19-27-25-13-7-8-14-26(25)30-28(31-27)22-9-3-2-4-10-22/h2-18H,19H2,1H3. The van der Waals surface area contributed by atoms with Crippen LogP contribution in [-0.4, -0.2) is 23.0 Å². The molecular formula is C29H22N2O2. The third kappa shape index (κ3) is 4.23. The van der Waals surface area contributed by atoms with Gasteiger partial charge in [-0.15, -0.1) is 0 Å². The first-order valence-corrected chi connectivity index (χ1v) is 10.8. The fourth-order valence-electron chi connectivity index (χ4n) is 4.01. The van der Waals surface area contributed by atoms with Gasteiger partial charge in [-0.2, -0.15) is 0 Å². The minimum atomic E-state index is -0.337. The average molecular weight is 431 g/mol. The van der Waals surface area contributed by atoms with Crippen molar-refractivity contribution in [1.29, 1.82) is 0 Å². The van der Waals surface area contributed by atoms with E-state index in [9.17, 15) is 4.79 Å². The highest BCUT2D eigenvalue weighted by molar-refractivity contribution is 5.97. The van der Waals surface area contributed by atoms with Crippen molar-refractivity contribution in [1.82, 2.24) is 9.97 Å². The van der Waals surface area contributed by atoms with Crippen LogP contribution in [0.1, 0.15) is 21.6 Å². The van der Waals surface area contributed by atoms with E-state index in [2.05, 4.69) is 18.2 Å². The van der Waals surface area contributed by atoms with Crippen LogP contribution in [0.25, 0.3) is 33.4 Å². The quantitative estimate of drug-likeness (QED) is 0.305. The summed E-state index contributed by atoms with van der Waals surface area (Å²) >= 11 is 0. The normalized spacial score (nSPS) is 10.8. The molecule has 4 aromatic carbocycles. The summed E-state index contributed by atoms with van der Waals surface area (Å²) in [6.45, 7) is 0. The number of aromatic nitrogens is 2. The molecule has 0 radical (unpaired) electrons. The second kappa shape index (κ2) is 9.05. The molecule has 0 aliphatic rings. The number of carbonyl (C=O) groups excluding carboxylic acids is 1. The molecule has 160 valence electrons. The average Bonchev–Trinajstić information content (AvgIpc) is 2.89. The molecule has 0 amide bonds. The summed E-state index contributed by atoms with van der Waals surface area (Å²) in [5, 5.41) is 1.05. The van der Waals surface area contributed by atoms with Crippen molar-refractivity contribution in [2.24, 2.45) is 0 Å². The molecule has 0 bridgehead atoms. The Morgan fingerprint density at radius 1 is 0.727 bits per heavy atom. The summed E-state index contributed by atoms with van der Waals surface area (Å²) in [6.07, 6.45) is 0.682. The van der Waals surface area contributed by atoms with Gasteiger partial charge in [0.2, 0.25) is 0 Å². The van der Waals surface area contributed by atoms with Gasteiger partial charge in [0.05, 0.1) is 23.9 Å². The van der Waals surface area contributed by atoms with Crippen molar-refractivity contribution in [2.75, 3.05) is 7.11 Å². The van der Waals surface area contributed by atoms with Crippen molar-refractivity contribution in [3.63, 3.8) is 0 Å². The second-order valence-corrected chi connectivity index (χ2v) is 7.79. The van der Waals surface area contributed by atoms with Gasteiger partial charge < -0.3 is 4.74 Å². The molecule has 0 saturated carbocycles. The summed E-state index contributed by atoms with van der Waals surface area (Å²) in [4.78, 5) is 21.9. The fourth-order valence-corrected chi connectivity index (χ4v) is 4.01. The SMILES string of the molecule is COC(=O)c1ccccc1-c1ccc(Cc2nc(-c3ccccc3)nc3ccccc23)cc1. The molecule has 0 aliphatic heterocycles. The maximum absolute atomic E-state index is 12.2. The van der Waals surface area contributed by atoms with Crippen molar-refractivity contribution in [3.8, 4) is 22.5 Å². The largest absolute Gasteiger partial charge is 0.465 e. The van der Waals surface area contributed by atoms with E-state index in [4.69, 9.17) is 14.7 Å². The predicted octanol–water partition coefficient (Wildman–Crippen LogP) is 6.34. The summed E-state index contributed by atoms with van der Waals surface area (Å²) in [7, 11) is 1.40. The molecular weight excluding hydrogens is 408 g/mol. The maximum Gasteiger partial charge on any atom is 0.338 e. The molecule has 0 saturated heterocycles. The number of nitrogens with zero attached hydrogens (tertiary/aromatic N) is 2. The minimum absolute atomic E-state index is 0.337. The van der Waals surface area contributed by atoms with Crippen molar-refractivity contribution in [3.05, 3.63) is 120 Å². The van der Waals surface area contributed by atoms with Crippen LogP contribution < -0.4 is 0 Å². The molecule has 4 nitrogen and oxygen atoms in total. The molecule has 33 heavy (non-hydrogen) atoms. The Bertz CT molecular complexity index is 1430. The van der Waals surface area contributed by atoms with E-state index in [-0.39, 0.29) is 5.97 Å². The van der Waals surface area contributed by atoms with E-state index < -0.39 is 0 Å². The van der Waals surface area contributed by atoms with E-state index in [1.807, 2.05) is 78.9 Å². The first-order chi connectivity index (χ1) is 16.2. The molecule has 5 aromatic rings. The highest BCUT2D eigenvalue weighted by Crippen LogP contribution is 2.27. The summed E-state index contributed by atoms with van der Waals surface area (Å²) in [6, 6.07) is 33.9. The second-order valence-electron chi connectivity index (χ2n) is 7.79. The number of ether oxygens (including phenoxy) is 1. The van der Waals surface area contributed by atoms with Crippen molar-refractivity contribution < 1.29 is 9.53 Å². The predicted molar refractivity (Wildman–Crippen MR) is 131 cm³/mol. The topological polar surface area (TPSA) is 52.1 Å². The van der Waals surface area contributed by atoms with Gasteiger partial charge in [-0.25, -0.2) is 14.8 Å². The number of para-hydroxylation sites is 1. The molecule has 0 aliphatic carbocycles. The third-order valence-electron chi connectivity index (χ3n) is 5.68. The van der Waals surface area contributed by atoms with Crippen LogP contribution in [0.2, 0.25) is 0 Å². The number of hydrogen-bond donors (Lipinski definition) is 0. The van der Waals surface area contributed by atoms with Crippen LogP contribution in [0.4, 0.5) is 0 Å². The van der Waals surface area contributed by atoms with Gasteiger partial charge in [0.1, 0.15) is 0 Å². The van der Waals surface area contributed by atoms with E-state index in [1.54, 1.807) is 6.07 Å². The van der Waals surface area contributed by atoms with Crippen molar-refractivity contribution in [2.45, 2.75) is 6.42 Å². The van der Waals surface area contributed by atoms with Crippen LogP contribution in [0.5, 0.6) is 0 Å². The van der Waals surface area contributed by atoms with Gasteiger partial charge in [0.15, 0.2) is 5.82 Å². The monoisotopic (exact) mass is 430 g/mol. The Morgan fingerprint density at radius 3 is 2.21 bits per heavy atom. The van der Waals surface area contributed by atoms with Crippen LogP contribution in [0.15, 0.2) is 103 Å². The van der Waals surface area contributed by atoms with Gasteiger partial charge in [-0.05, 0) is 28.8 Å². The number of benzene rings is 4. The number of esters is 1. The third-order valence-corrected chi connectivity index (χ3v) is 5.68. The zero-order valence-corrected chi connectivity index (χ0v) is 18.2. The molecule has 4 heteroatoms. The summed E-state index contributed by atoms with van der Waals surface area (Å²) in [5.41, 5.74) is 6.44. The Morgan fingerprint density at radius 2 is 1.42 bits per heavy atom. The lowest BCUT2D eigenvalue weighted by atomic mass is 9.97. The van der Waals surface area contributed by atoms with E-state index >= 15 is 0 Å². The highest BCUT2D eigenvalue weighted by atomic mass is 16.5. The van der Waals surface area contributed by atoms with E-state index in [0.717, 1.165) is 44.7 Å². The molecule has 1 heterocycles. The Balaban J connectivity index is 1.51. The number of carbonyl (C=O) groups is 1. The zero-order valence-electron chi connectivity index (χ0n) is 18.2. The molecule has 5 rings (SSSR count). The van der Waals surface area contributed by atoms with Crippen molar-refractivity contribution >= 4 is 16.9 Å². The van der Waals surface area contributed by atoms with Crippen LogP contribution in [0, 0.1) is 0 Å². The summed E-state index contributed by atoms with van der Waals surface area (Å²) < 4.78 is 4.94. The summed E-state index contributed by atoms with van der Waals surface area (Å²) in [5.74, 6) is 0.392. The zero-order chi connectivity index (χ0) is 22.6. The Labute approximate surface area is 192 Å². The fraction of sp³-hybridized carbons (Fsp3) is 0.0690. The van der Waals surface area contributed by atoms with Crippen LogP contribution in [-0.2, 0) is 11.2 Å². The molecule has 0 unspecified atom stereocenters. The lowest BCUT2D eigenvalue weighted by molar-refractivity contribution is 0.0601. The van der Waals surface area contributed by atoms with Gasteiger partial charge in [0, 0.05) is 17.4 Å². The van der Waals surface area contributed by atoms with Crippen LogP contribution in [0.3, 0.4) is 0 Å². The lowest BCUT2D eigenvalue weighted by Gasteiger charge is -2.11. The highest BCUT2D eigenvalue weighted by Gasteiger charge is 2.13. The van der Waals surface area contributed by atoms with E-state index in [1.165, 1.54) is 7.11 Å². The van der Waals surface area contributed by atoms with Gasteiger partial charge >= 0.3 is 5.97 Å². The van der Waals surface area contributed by atoms with Gasteiger partial charge in [-0.1, -0.05) is 91.0 Å². The smallest absolute Gasteiger partial charge is 0.338 e. The number of rotatable bonds is 5. The van der Waals surface area contributed by atoms with Gasteiger partial charge in [-0.3, -0.25) is 0 Å². The molecule has 1 aromatic heterocycles. The number of methoxy groups -OCH3 is 1. The molecule has 0 fully saturated rings. The molecule has 0 spiro atoms. The Kier molecular flexibility index (Phi) is 5.64. The van der Waals surface area contributed by atoms with Gasteiger partial charge in [0.25, 0.3) is 0 Å². The maximum atomic E-state index is 12.2. The lowest BCUT2D eigenvalue weighted by Crippen LogP contribution is -2.03. The first-order valence-electron chi connectivity index (χ1n) is 10.8. The Hall–Kier alpha value is -4.31. The first kappa shape index (κ1) is 20.6. The van der Waals surface area contributed by atoms with Crippen LogP contribution >= 0.6 is 0 Å².